The first kappa shape index (κ1) is 15.1. The van der Waals surface area contributed by atoms with E-state index in [1.54, 1.807) is 19.4 Å². The van der Waals surface area contributed by atoms with Gasteiger partial charge in [-0.3, -0.25) is 9.78 Å². The van der Waals surface area contributed by atoms with Gasteiger partial charge in [-0.1, -0.05) is 0 Å². The van der Waals surface area contributed by atoms with Crippen molar-refractivity contribution < 1.29 is 9.53 Å². The van der Waals surface area contributed by atoms with Gasteiger partial charge >= 0.3 is 0 Å². The number of pyridine rings is 1. The molecule has 0 aliphatic rings. The van der Waals surface area contributed by atoms with E-state index in [0.29, 0.717) is 16.3 Å². The first-order chi connectivity index (χ1) is 10.1. The summed E-state index contributed by atoms with van der Waals surface area (Å²) in [6, 6.07) is 3.90. The molecule has 2 rings (SSSR count). The van der Waals surface area contributed by atoms with Crippen LogP contribution in [0.5, 0.6) is 5.75 Å². The van der Waals surface area contributed by atoms with E-state index in [-0.39, 0.29) is 11.9 Å². The fourth-order valence-corrected chi connectivity index (χ4v) is 3.06. The SMILES string of the molecule is CNC(=O)c1sc(NC(C)c2ccncc2)c(OC)c1N. The van der Waals surface area contributed by atoms with Gasteiger partial charge < -0.3 is 21.1 Å². The van der Waals surface area contributed by atoms with Gasteiger partial charge in [0.2, 0.25) is 0 Å². The molecule has 0 bridgehead atoms. The summed E-state index contributed by atoms with van der Waals surface area (Å²) < 4.78 is 5.32. The zero-order valence-electron chi connectivity index (χ0n) is 12.1. The molecule has 0 aromatic carbocycles. The van der Waals surface area contributed by atoms with Crippen LogP contribution in [-0.2, 0) is 0 Å². The Hall–Kier alpha value is -2.28. The van der Waals surface area contributed by atoms with Crippen LogP contribution < -0.4 is 21.1 Å². The second-order valence-corrected chi connectivity index (χ2v) is 5.45. The van der Waals surface area contributed by atoms with Crippen LogP contribution in [0.2, 0.25) is 0 Å². The third-order valence-corrected chi connectivity index (χ3v) is 4.21. The van der Waals surface area contributed by atoms with Gasteiger partial charge in [-0.15, -0.1) is 11.3 Å². The molecule has 21 heavy (non-hydrogen) atoms. The fourth-order valence-electron chi connectivity index (χ4n) is 1.94. The van der Waals surface area contributed by atoms with E-state index in [0.717, 1.165) is 10.6 Å². The van der Waals surface area contributed by atoms with Crippen LogP contribution in [0.25, 0.3) is 0 Å². The standard InChI is InChI=1S/C14H18N4O2S/c1-8(9-4-6-17-7-5-9)18-14-11(20-3)10(15)12(21-14)13(19)16-2/h4-8,18H,15H2,1-3H3,(H,16,19). The predicted molar refractivity (Wildman–Crippen MR) is 84.9 cm³/mol. The fraction of sp³-hybridized carbons (Fsp3) is 0.286. The van der Waals surface area contributed by atoms with Crippen molar-refractivity contribution in [2.24, 2.45) is 0 Å². The molecule has 1 unspecified atom stereocenters. The van der Waals surface area contributed by atoms with Gasteiger partial charge in [-0.2, -0.15) is 0 Å². The van der Waals surface area contributed by atoms with Gasteiger partial charge in [0.25, 0.3) is 5.91 Å². The molecule has 0 saturated carbocycles. The van der Waals surface area contributed by atoms with Crippen LogP contribution in [0.3, 0.4) is 0 Å². The van der Waals surface area contributed by atoms with E-state index in [4.69, 9.17) is 10.5 Å². The number of carbonyl (C=O) groups is 1. The van der Waals surface area contributed by atoms with E-state index >= 15 is 0 Å². The van der Waals surface area contributed by atoms with Crippen molar-refractivity contribution in [3.05, 3.63) is 35.0 Å². The Labute approximate surface area is 127 Å². The summed E-state index contributed by atoms with van der Waals surface area (Å²) in [5.74, 6) is 0.278. The van der Waals surface area contributed by atoms with Crippen molar-refractivity contribution in [2.75, 3.05) is 25.2 Å². The number of amides is 1. The number of nitrogens with two attached hydrogens (primary N) is 1. The first-order valence-electron chi connectivity index (χ1n) is 6.43. The van der Waals surface area contributed by atoms with Gasteiger partial charge in [-0.25, -0.2) is 0 Å². The topological polar surface area (TPSA) is 89.3 Å². The van der Waals surface area contributed by atoms with Crippen LogP contribution >= 0.6 is 11.3 Å². The maximum absolute atomic E-state index is 11.8. The Kier molecular flexibility index (Phi) is 4.64. The zero-order valence-corrected chi connectivity index (χ0v) is 13.0. The normalized spacial score (nSPS) is 11.8. The second kappa shape index (κ2) is 6.45. The molecule has 1 amide bonds. The number of thiophene rings is 1. The number of methoxy groups -OCH3 is 1. The smallest absolute Gasteiger partial charge is 0.263 e. The van der Waals surface area contributed by atoms with Crippen LogP contribution in [0.4, 0.5) is 10.7 Å². The highest BCUT2D eigenvalue weighted by Gasteiger charge is 2.22. The van der Waals surface area contributed by atoms with Gasteiger partial charge in [0, 0.05) is 25.5 Å². The number of carbonyl (C=O) groups excluding carboxylic acids is 1. The molecule has 2 aromatic heterocycles. The van der Waals surface area contributed by atoms with Crippen LogP contribution in [0.1, 0.15) is 28.2 Å². The maximum atomic E-state index is 11.8. The van der Waals surface area contributed by atoms with Crippen molar-refractivity contribution in [3.63, 3.8) is 0 Å². The van der Waals surface area contributed by atoms with Crippen molar-refractivity contribution >= 4 is 27.9 Å². The van der Waals surface area contributed by atoms with Crippen LogP contribution in [0, 0.1) is 0 Å². The number of nitrogens with one attached hydrogen (secondary N) is 2. The zero-order chi connectivity index (χ0) is 15.4. The molecule has 4 N–H and O–H groups in total. The minimum absolute atomic E-state index is 0.0393. The minimum Gasteiger partial charge on any atom is -0.492 e. The van der Waals surface area contributed by atoms with Crippen LogP contribution in [0.15, 0.2) is 24.5 Å². The molecule has 0 radical (unpaired) electrons. The monoisotopic (exact) mass is 306 g/mol. The molecular weight excluding hydrogens is 288 g/mol. The molecule has 6 nitrogen and oxygen atoms in total. The number of ether oxygens (including phenoxy) is 1. The summed E-state index contributed by atoms with van der Waals surface area (Å²) in [5, 5.41) is 6.63. The Morgan fingerprint density at radius 2 is 2.10 bits per heavy atom. The Morgan fingerprint density at radius 3 is 2.67 bits per heavy atom. The van der Waals surface area contributed by atoms with Gasteiger partial charge in [0.05, 0.1) is 7.11 Å². The predicted octanol–water partition coefficient (Wildman–Crippen LogP) is 2.27. The third kappa shape index (κ3) is 3.08. The Morgan fingerprint density at radius 1 is 1.43 bits per heavy atom. The quantitative estimate of drug-likeness (QED) is 0.788. The second-order valence-electron chi connectivity index (χ2n) is 4.43. The molecule has 0 aliphatic carbocycles. The highest BCUT2D eigenvalue weighted by atomic mass is 32.1. The molecule has 112 valence electrons. The molecule has 0 fully saturated rings. The molecule has 0 saturated heterocycles. The highest BCUT2D eigenvalue weighted by molar-refractivity contribution is 7.19. The molecule has 7 heteroatoms. The van der Waals surface area contributed by atoms with E-state index in [2.05, 4.69) is 15.6 Å². The number of hydrogen-bond donors (Lipinski definition) is 3. The number of nitrogens with zero attached hydrogens (tertiary/aromatic N) is 1. The molecule has 2 aromatic rings. The molecular formula is C14H18N4O2S. The number of rotatable bonds is 5. The van der Waals surface area contributed by atoms with E-state index in [9.17, 15) is 4.79 Å². The maximum Gasteiger partial charge on any atom is 0.263 e. The summed E-state index contributed by atoms with van der Waals surface area (Å²) in [7, 11) is 3.11. The Balaban J connectivity index is 2.29. The van der Waals surface area contributed by atoms with E-state index in [1.165, 1.54) is 18.4 Å². The highest BCUT2D eigenvalue weighted by Crippen LogP contribution is 2.43. The van der Waals surface area contributed by atoms with Crippen LogP contribution in [-0.4, -0.2) is 25.0 Å². The Bertz CT molecular complexity index is 627. The summed E-state index contributed by atoms with van der Waals surface area (Å²) >= 11 is 1.28. The van der Waals surface area contributed by atoms with Gasteiger partial charge in [0.1, 0.15) is 15.6 Å². The summed E-state index contributed by atoms with van der Waals surface area (Å²) in [5.41, 5.74) is 7.42. The lowest BCUT2D eigenvalue weighted by Gasteiger charge is -2.15. The van der Waals surface area contributed by atoms with Crippen molar-refractivity contribution in [2.45, 2.75) is 13.0 Å². The average Bonchev–Trinajstić information content (AvgIpc) is 2.83. The van der Waals surface area contributed by atoms with Gasteiger partial charge in [-0.05, 0) is 24.6 Å². The van der Waals surface area contributed by atoms with Crippen molar-refractivity contribution in [1.29, 1.82) is 0 Å². The number of anilines is 2. The first-order valence-corrected chi connectivity index (χ1v) is 7.25. The molecule has 1 atom stereocenters. The van der Waals surface area contributed by atoms with E-state index < -0.39 is 0 Å². The van der Waals surface area contributed by atoms with E-state index in [1.807, 2.05) is 19.1 Å². The largest absolute Gasteiger partial charge is 0.492 e. The molecule has 0 spiro atoms. The van der Waals surface area contributed by atoms with Gasteiger partial charge in [0.15, 0.2) is 5.75 Å². The third-order valence-electron chi connectivity index (χ3n) is 3.09. The lowest BCUT2D eigenvalue weighted by molar-refractivity contribution is 0.0967. The molecule has 0 aliphatic heterocycles. The van der Waals surface area contributed by atoms with Crippen molar-refractivity contribution in [3.8, 4) is 5.75 Å². The average molecular weight is 306 g/mol. The number of nitrogen functional groups attached to an aromatic ring is 1. The van der Waals surface area contributed by atoms with Crippen molar-refractivity contribution in [1.82, 2.24) is 10.3 Å². The number of hydrogen-bond acceptors (Lipinski definition) is 6. The number of aromatic nitrogens is 1. The lowest BCUT2D eigenvalue weighted by Crippen LogP contribution is -2.17. The minimum atomic E-state index is -0.222. The molecule has 2 heterocycles. The summed E-state index contributed by atoms with van der Waals surface area (Å²) in [6.07, 6.45) is 3.48. The lowest BCUT2D eigenvalue weighted by atomic mass is 10.1. The summed E-state index contributed by atoms with van der Waals surface area (Å²) in [4.78, 5) is 16.2. The summed E-state index contributed by atoms with van der Waals surface area (Å²) in [6.45, 7) is 2.02.